The molecule has 2 aromatic rings. The smallest absolute Gasteiger partial charge is 0.505 e. The highest BCUT2D eigenvalue weighted by Crippen LogP contribution is 2.29. The van der Waals surface area contributed by atoms with Crippen LogP contribution in [0.5, 0.6) is 11.5 Å². The molecule has 1 aromatic heterocycles. The van der Waals surface area contributed by atoms with E-state index in [0.29, 0.717) is 22.4 Å². The Balaban J connectivity index is 2.23. The molecule has 0 aliphatic carbocycles. The van der Waals surface area contributed by atoms with Crippen LogP contribution in [0.2, 0.25) is 0 Å². The lowest BCUT2D eigenvalue weighted by atomic mass is 10.1. The number of hydrogen-bond acceptors (Lipinski definition) is 5. The normalized spacial score (nSPS) is 12.4. The average Bonchev–Trinajstić information content (AvgIpc) is 2.55. The molecule has 1 heterocycles. The van der Waals surface area contributed by atoms with Crippen LogP contribution in [0.4, 0.5) is 13.2 Å². The predicted octanol–water partition coefficient (Wildman–Crippen LogP) is 4.33. The first-order valence-electron chi connectivity index (χ1n) is 7.16. The maximum Gasteiger partial charge on any atom is 0.695 e. The molecular weight excluding hydrogens is 374 g/mol. The number of halogens is 3. The molecule has 138 valence electrons. The molecule has 0 aliphatic heterocycles. The highest BCUT2D eigenvalue weighted by atomic mass is 31.1. The SMILES string of the molecule is Cc1ncc(CO[P+](=O)O)c(C=Cc2ccc(OC(F)(F)F)cc2)c1O. The van der Waals surface area contributed by atoms with Crippen LogP contribution in [0.15, 0.2) is 30.5 Å². The van der Waals surface area contributed by atoms with Gasteiger partial charge in [0.2, 0.25) is 0 Å². The zero-order valence-electron chi connectivity index (χ0n) is 13.4. The fourth-order valence-electron chi connectivity index (χ4n) is 2.04. The second-order valence-corrected chi connectivity index (χ2v) is 5.83. The van der Waals surface area contributed by atoms with Crippen LogP contribution in [0.3, 0.4) is 0 Å². The average molecular weight is 388 g/mol. The van der Waals surface area contributed by atoms with Gasteiger partial charge in [0, 0.05) is 21.9 Å². The summed E-state index contributed by atoms with van der Waals surface area (Å²) < 4.78 is 55.5. The van der Waals surface area contributed by atoms with Crippen molar-refractivity contribution in [2.45, 2.75) is 19.9 Å². The van der Waals surface area contributed by atoms with Crippen LogP contribution in [0, 0.1) is 6.92 Å². The third kappa shape index (κ3) is 5.80. The lowest BCUT2D eigenvalue weighted by molar-refractivity contribution is -0.274. The minimum absolute atomic E-state index is 0.132. The molecule has 0 aliphatic rings. The van der Waals surface area contributed by atoms with Gasteiger partial charge in [0.05, 0.1) is 5.69 Å². The van der Waals surface area contributed by atoms with Crippen molar-refractivity contribution in [2.75, 3.05) is 0 Å². The van der Waals surface area contributed by atoms with Gasteiger partial charge in [-0.15, -0.1) is 22.6 Å². The maximum atomic E-state index is 12.1. The van der Waals surface area contributed by atoms with Crippen molar-refractivity contribution in [3.63, 3.8) is 0 Å². The van der Waals surface area contributed by atoms with Crippen LogP contribution in [-0.2, 0) is 15.7 Å². The van der Waals surface area contributed by atoms with Crippen LogP contribution >= 0.6 is 8.25 Å². The Morgan fingerprint density at radius 2 is 1.88 bits per heavy atom. The fourth-order valence-corrected chi connectivity index (χ4v) is 2.29. The second kappa shape index (κ2) is 8.27. The van der Waals surface area contributed by atoms with Gasteiger partial charge in [-0.1, -0.05) is 24.3 Å². The number of alkyl halides is 3. The van der Waals surface area contributed by atoms with Crippen molar-refractivity contribution >= 4 is 20.4 Å². The predicted molar refractivity (Wildman–Crippen MR) is 87.3 cm³/mol. The molecule has 1 aromatic carbocycles. The van der Waals surface area contributed by atoms with E-state index in [1.54, 1.807) is 13.0 Å². The topological polar surface area (TPSA) is 88.9 Å². The van der Waals surface area contributed by atoms with Crippen molar-refractivity contribution in [1.29, 1.82) is 0 Å². The molecule has 26 heavy (non-hydrogen) atoms. The van der Waals surface area contributed by atoms with Crippen LogP contribution < -0.4 is 4.74 Å². The summed E-state index contributed by atoms with van der Waals surface area (Å²) in [7, 11) is -2.81. The largest absolute Gasteiger partial charge is 0.695 e. The van der Waals surface area contributed by atoms with Crippen molar-refractivity contribution in [3.05, 3.63) is 52.8 Å². The van der Waals surface area contributed by atoms with Crippen molar-refractivity contribution in [2.24, 2.45) is 0 Å². The zero-order chi connectivity index (χ0) is 19.3. The number of benzene rings is 1. The molecule has 0 spiro atoms. The summed E-state index contributed by atoms with van der Waals surface area (Å²) >= 11 is 0. The Morgan fingerprint density at radius 3 is 2.46 bits per heavy atom. The quantitative estimate of drug-likeness (QED) is 0.716. The van der Waals surface area contributed by atoms with Crippen molar-refractivity contribution in [1.82, 2.24) is 4.98 Å². The third-order valence-corrected chi connectivity index (χ3v) is 3.59. The molecular formula is C16H14F3NO5P+. The summed E-state index contributed by atoms with van der Waals surface area (Å²) in [6.07, 6.45) is -0.310. The number of hydrogen-bond donors (Lipinski definition) is 2. The Bertz CT molecular complexity index is 822. The van der Waals surface area contributed by atoms with Gasteiger partial charge in [-0.05, 0) is 24.6 Å². The van der Waals surface area contributed by atoms with Crippen LogP contribution in [0.25, 0.3) is 12.2 Å². The molecule has 2 rings (SSSR count). The summed E-state index contributed by atoms with van der Waals surface area (Å²) in [5.74, 6) is -0.481. The van der Waals surface area contributed by atoms with E-state index >= 15 is 0 Å². The molecule has 6 nitrogen and oxygen atoms in total. The molecule has 0 radical (unpaired) electrons. The number of ether oxygens (including phenoxy) is 1. The van der Waals surface area contributed by atoms with Crippen LogP contribution in [-0.4, -0.2) is 21.3 Å². The lowest BCUT2D eigenvalue weighted by Gasteiger charge is -2.09. The fraction of sp³-hybridized carbons (Fsp3) is 0.188. The molecule has 0 saturated carbocycles. The third-order valence-electron chi connectivity index (χ3n) is 3.24. The minimum Gasteiger partial charge on any atom is -0.505 e. The molecule has 0 amide bonds. The Kier molecular flexibility index (Phi) is 6.31. The van der Waals surface area contributed by atoms with E-state index in [4.69, 9.17) is 4.89 Å². The molecule has 0 saturated heterocycles. The zero-order valence-corrected chi connectivity index (χ0v) is 14.3. The van der Waals surface area contributed by atoms with E-state index in [1.807, 2.05) is 0 Å². The number of aryl methyl sites for hydroxylation is 1. The monoisotopic (exact) mass is 388 g/mol. The summed E-state index contributed by atoms with van der Waals surface area (Å²) in [5, 5.41) is 10.1. The van der Waals surface area contributed by atoms with Gasteiger partial charge >= 0.3 is 14.6 Å². The van der Waals surface area contributed by atoms with Crippen molar-refractivity contribution < 1.29 is 37.0 Å². The molecule has 0 fully saturated rings. The van der Waals surface area contributed by atoms with E-state index < -0.39 is 14.6 Å². The Hall–Kier alpha value is -2.48. The van der Waals surface area contributed by atoms with Crippen LogP contribution in [0.1, 0.15) is 22.4 Å². The van der Waals surface area contributed by atoms with E-state index in [0.717, 1.165) is 12.1 Å². The van der Waals surface area contributed by atoms with E-state index in [2.05, 4.69) is 14.2 Å². The number of pyridine rings is 1. The first-order valence-corrected chi connectivity index (χ1v) is 8.29. The number of aromatic hydroxyl groups is 1. The molecule has 1 atom stereocenters. The highest BCUT2D eigenvalue weighted by Gasteiger charge is 2.30. The van der Waals surface area contributed by atoms with E-state index in [1.165, 1.54) is 24.4 Å². The van der Waals surface area contributed by atoms with Gasteiger partial charge in [-0.25, -0.2) is 0 Å². The molecule has 2 N–H and O–H groups in total. The first-order chi connectivity index (χ1) is 12.2. The minimum atomic E-state index is -4.76. The van der Waals surface area contributed by atoms with Gasteiger partial charge in [0.15, 0.2) is 0 Å². The maximum absolute atomic E-state index is 12.1. The second-order valence-electron chi connectivity index (χ2n) is 5.09. The molecule has 10 heteroatoms. The summed E-state index contributed by atoms with van der Waals surface area (Å²) in [6.45, 7) is 1.33. The summed E-state index contributed by atoms with van der Waals surface area (Å²) in [6, 6.07) is 5.13. The summed E-state index contributed by atoms with van der Waals surface area (Å²) in [4.78, 5) is 12.7. The summed E-state index contributed by atoms with van der Waals surface area (Å²) in [5.41, 5.74) is 1.59. The number of rotatable bonds is 6. The van der Waals surface area contributed by atoms with Gasteiger partial charge in [0.1, 0.15) is 18.1 Å². The molecule has 0 bridgehead atoms. The number of nitrogens with zero attached hydrogens (tertiary/aromatic N) is 1. The standard InChI is InChI=1S/C16H13F3NO5P/c1-10-15(21)14(12(8-20-10)9-24-26(22)23)7-4-11-2-5-13(6-3-11)25-16(17,18)19/h2-8H,9H2,1H3,(H-,21,22,23)/p+1. The van der Waals surface area contributed by atoms with Gasteiger partial charge in [0.25, 0.3) is 0 Å². The first kappa shape index (κ1) is 19.8. The van der Waals surface area contributed by atoms with Gasteiger partial charge in [-0.2, -0.15) is 0 Å². The highest BCUT2D eigenvalue weighted by molar-refractivity contribution is 7.32. The van der Waals surface area contributed by atoms with Gasteiger partial charge in [-0.3, -0.25) is 4.98 Å². The van der Waals surface area contributed by atoms with Gasteiger partial charge < -0.3 is 9.84 Å². The molecule has 1 unspecified atom stereocenters. The Labute approximate surface area is 147 Å². The lowest BCUT2D eigenvalue weighted by Crippen LogP contribution is -2.16. The van der Waals surface area contributed by atoms with E-state index in [9.17, 15) is 22.8 Å². The number of aromatic nitrogens is 1. The van der Waals surface area contributed by atoms with Crippen molar-refractivity contribution in [3.8, 4) is 11.5 Å². The van der Waals surface area contributed by atoms with E-state index in [-0.39, 0.29) is 18.1 Å². The Morgan fingerprint density at radius 1 is 1.23 bits per heavy atom.